The summed E-state index contributed by atoms with van der Waals surface area (Å²) in [6, 6.07) is 49.3. The standard InChI is InChI=1S/C43H35N3/c1-42(2)36-24-14-13-22-33(36)38-32(23-15-25-37(38)43(42,3)4)34-26-30-20-11-12-21-31(30)27-35(34)41-45-39(28-16-7-5-8-17-28)44-40(46-41)29-18-9-6-10-19-29/h5-27H,1-4H3. The highest BCUT2D eigenvalue weighted by molar-refractivity contribution is 6.00. The minimum absolute atomic E-state index is 0.0508. The first kappa shape index (κ1) is 28.1. The second kappa shape index (κ2) is 10.6. The highest BCUT2D eigenvalue weighted by Crippen LogP contribution is 2.56. The van der Waals surface area contributed by atoms with Gasteiger partial charge in [-0.2, -0.15) is 0 Å². The number of hydrogen-bond acceptors (Lipinski definition) is 3. The van der Waals surface area contributed by atoms with Crippen molar-refractivity contribution < 1.29 is 0 Å². The fourth-order valence-corrected chi connectivity index (χ4v) is 7.08. The van der Waals surface area contributed by atoms with E-state index in [0.717, 1.165) is 27.6 Å². The maximum Gasteiger partial charge on any atom is 0.164 e. The zero-order valence-electron chi connectivity index (χ0n) is 26.6. The lowest BCUT2D eigenvalue weighted by Crippen LogP contribution is -2.43. The van der Waals surface area contributed by atoms with Crippen LogP contribution in [0.5, 0.6) is 0 Å². The van der Waals surface area contributed by atoms with Gasteiger partial charge in [0.05, 0.1) is 0 Å². The van der Waals surface area contributed by atoms with Crippen molar-refractivity contribution >= 4 is 10.8 Å². The molecular weight excluding hydrogens is 558 g/mol. The average molecular weight is 594 g/mol. The first-order valence-corrected chi connectivity index (χ1v) is 16.0. The Balaban J connectivity index is 1.46. The molecule has 1 aliphatic rings. The van der Waals surface area contributed by atoms with Gasteiger partial charge in [-0.3, -0.25) is 0 Å². The first-order chi connectivity index (χ1) is 22.3. The Kier molecular flexibility index (Phi) is 6.47. The lowest BCUT2D eigenvalue weighted by atomic mass is 9.55. The molecule has 0 radical (unpaired) electrons. The van der Waals surface area contributed by atoms with Gasteiger partial charge < -0.3 is 0 Å². The monoisotopic (exact) mass is 593 g/mol. The van der Waals surface area contributed by atoms with E-state index >= 15 is 0 Å². The lowest BCUT2D eigenvalue weighted by molar-refractivity contribution is 0.299. The van der Waals surface area contributed by atoms with Gasteiger partial charge in [-0.05, 0) is 67.1 Å². The van der Waals surface area contributed by atoms with E-state index in [9.17, 15) is 0 Å². The van der Waals surface area contributed by atoms with Crippen LogP contribution in [0.25, 0.3) is 67.2 Å². The summed E-state index contributed by atoms with van der Waals surface area (Å²) in [6.07, 6.45) is 0. The van der Waals surface area contributed by atoms with Gasteiger partial charge in [0.25, 0.3) is 0 Å². The second-order valence-corrected chi connectivity index (χ2v) is 13.3. The number of fused-ring (bicyclic) bond motifs is 4. The lowest BCUT2D eigenvalue weighted by Gasteiger charge is -2.48. The van der Waals surface area contributed by atoms with E-state index in [-0.39, 0.29) is 10.8 Å². The van der Waals surface area contributed by atoms with Crippen LogP contribution in [0.15, 0.2) is 140 Å². The van der Waals surface area contributed by atoms with Crippen LogP contribution in [0, 0.1) is 0 Å². The number of nitrogens with zero attached hydrogens (tertiary/aromatic N) is 3. The van der Waals surface area contributed by atoms with Crippen molar-refractivity contribution in [2.45, 2.75) is 38.5 Å². The van der Waals surface area contributed by atoms with E-state index in [1.54, 1.807) is 0 Å². The minimum Gasteiger partial charge on any atom is -0.208 e. The fourth-order valence-electron chi connectivity index (χ4n) is 7.08. The molecule has 0 spiro atoms. The van der Waals surface area contributed by atoms with Crippen LogP contribution in [0.3, 0.4) is 0 Å². The number of rotatable bonds is 4. The van der Waals surface area contributed by atoms with Crippen LogP contribution in [-0.2, 0) is 10.8 Å². The van der Waals surface area contributed by atoms with E-state index in [1.807, 2.05) is 36.4 Å². The Bertz CT molecular complexity index is 2190. The summed E-state index contributed by atoms with van der Waals surface area (Å²) in [4.78, 5) is 15.3. The van der Waals surface area contributed by atoms with Crippen molar-refractivity contribution in [2.75, 3.05) is 0 Å². The third-order valence-electron chi connectivity index (χ3n) is 10.3. The molecule has 3 nitrogen and oxygen atoms in total. The molecule has 1 aromatic heterocycles. The molecule has 1 aliphatic carbocycles. The van der Waals surface area contributed by atoms with Gasteiger partial charge in [-0.1, -0.05) is 155 Å². The van der Waals surface area contributed by atoms with E-state index in [2.05, 4.69) is 131 Å². The van der Waals surface area contributed by atoms with Crippen LogP contribution in [0.1, 0.15) is 38.8 Å². The van der Waals surface area contributed by atoms with Crippen LogP contribution in [0.4, 0.5) is 0 Å². The molecule has 0 fully saturated rings. The van der Waals surface area contributed by atoms with Crippen molar-refractivity contribution in [1.29, 1.82) is 0 Å². The van der Waals surface area contributed by atoms with Crippen LogP contribution in [0.2, 0.25) is 0 Å². The van der Waals surface area contributed by atoms with E-state index in [0.29, 0.717) is 17.5 Å². The Labute approximate surface area is 270 Å². The van der Waals surface area contributed by atoms with Crippen LogP contribution in [-0.4, -0.2) is 15.0 Å². The predicted octanol–water partition coefficient (Wildman–Crippen LogP) is 10.9. The van der Waals surface area contributed by atoms with Crippen LogP contribution >= 0.6 is 0 Å². The van der Waals surface area contributed by atoms with Crippen molar-refractivity contribution in [3.05, 3.63) is 151 Å². The van der Waals surface area contributed by atoms with E-state index in [4.69, 9.17) is 15.0 Å². The molecular formula is C43H35N3. The van der Waals surface area contributed by atoms with Gasteiger partial charge in [0.2, 0.25) is 0 Å². The maximum atomic E-state index is 5.18. The molecule has 222 valence electrons. The zero-order chi connectivity index (χ0) is 31.5. The Hall–Kier alpha value is -5.41. The van der Waals surface area contributed by atoms with Crippen LogP contribution < -0.4 is 0 Å². The Morgan fingerprint density at radius 3 is 1.46 bits per heavy atom. The Morgan fingerprint density at radius 1 is 0.370 bits per heavy atom. The SMILES string of the molecule is CC1(C)c2ccccc2-c2c(-c3cc4ccccc4cc3-c3nc(-c4ccccc4)nc(-c4ccccc4)n3)cccc2C1(C)C. The summed E-state index contributed by atoms with van der Waals surface area (Å²) < 4.78 is 0. The summed E-state index contributed by atoms with van der Waals surface area (Å²) in [6.45, 7) is 9.53. The molecule has 0 atom stereocenters. The maximum absolute atomic E-state index is 5.18. The molecule has 1 heterocycles. The molecule has 0 unspecified atom stereocenters. The first-order valence-electron chi connectivity index (χ1n) is 16.0. The molecule has 0 amide bonds. The molecule has 46 heavy (non-hydrogen) atoms. The molecule has 6 aromatic carbocycles. The summed E-state index contributed by atoms with van der Waals surface area (Å²) >= 11 is 0. The summed E-state index contributed by atoms with van der Waals surface area (Å²) in [7, 11) is 0. The normalized spacial score (nSPS) is 14.4. The summed E-state index contributed by atoms with van der Waals surface area (Å²) in [5.41, 5.74) is 10.4. The molecule has 7 aromatic rings. The molecule has 0 aliphatic heterocycles. The summed E-state index contributed by atoms with van der Waals surface area (Å²) in [5, 5.41) is 2.33. The molecule has 0 bridgehead atoms. The molecule has 3 heteroatoms. The van der Waals surface area contributed by atoms with Gasteiger partial charge in [0.1, 0.15) is 0 Å². The van der Waals surface area contributed by atoms with E-state index in [1.165, 1.54) is 33.2 Å². The zero-order valence-corrected chi connectivity index (χ0v) is 26.6. The van der Waals surface area contributed by atoms with Gasteiger partial charge >= 0.3 is 0 Å². The summed E-state index contributed by atoms with van der Waals surface area (Å²) in [5.74, 6) is 1.98. The third kappa shape index (κ3) is 4.38. The third-order valence-corrected chi connectivity index (χ3v) is 10.3. The smallest absolute Gasteiger partial charge is 0.164 e. The minimum atomic E-state index is -0.0994. The van der Waals surface area contributed by atoms with Crippen molar-refractivity contribution in [1.82, 2.24) is 15.0 Å². The molecule has 0 N–H and O–H groups in total. The predicted molar refractivity (Wildman–Crippen MR) is 191 cm³/mol. The fraction of sp³-hybridized carbons (Fsp3) is 0.140. The number of benzene rings is 6. The Morgan fingerprint density at radius 2 is 0.826 bits per heavy atom. The number of hydrogen-bond donors (Lipinski definition) is 0. The van der Waals surface area contributed by atoms with E-state index < -0.39 is 0 Å². The van der Waals surface area contributed by atoms with Crippen molar-refractivity contribution in [3.8, 4) is 56.4 Å². The average Bonchev–Trinajstić information content (AvgIpc) is 3.10. The van der Waals surface area contributed by atoms with Crippen molar-refractivity contribution in [2.24, 2.45) is 0 Å². The highest BCUT2D eigenvalue weighted by Gasteiger charge is 2.46. The van der Waals surface area contributed by atoms with Gasteiger partial charge in [-0.15, -0.1) is 0 Å². The van der Waals surface area contributed by atoms with Gasteiger partial charge in [-0.25, -0.2) is 15.0 Å². The topological polar surface area (TPSA) is 38.7 Å². The highest BCUT2D eigenvalue weighted by atomic mass is 15.0. The molecule has 0 saturated carbocycles. The van der Waals surface area contributed by atoms with Gasteiger partial charge in [0.15, 0.2) is 17.5 Å². The molecule has 8 rings (SSSR count). The quantitative estimate of drug-likeness (QED) is 0.204. The number of aromatic nitrogens is 3. The second-order valence-electron chi connectivity index (χ2n) is 13.3. The van der Waals surface area contributed by atoms with Crippen molar-refractivity contribution in [3.63, 3.8) is 0 Å². The largest absolute Gasteiger partial charge is 0.208 e. The molecule has 0 saturated heterocycles. The van der Waals surface area contributed by atoms with Gasteiger partial charge in [0, 0.05) is 16.7 Å².